The molecule has 0 aromatic rings. The first-order valence-corrected chi connectivity index (χ1v) is 3.36. The molecule has 0 unspecified atom stereocenters. The van der Waals surface area contributed by atoms with E-state index in [1.807, 2.05) is 0 Å². The van der Waals surface area contributed by atoms with E-state index in [4.69, 9.17) is 0 Å². The molecule has 0 saturated carbocycles. The maximum absolute atomic E-state index is 3.31. The summed E-state index contributed by atoms with van der Waals surface area (Å²) in [6.45, 7) is 8.24. The van der Waals surface area contributed by atoms with Crippen LogP contribution in [0.25, 0.3) is 0 Å². The minimum Gasteiger partial charge on any atom is -0.344 e. The molecule has 0 atom stereocenters. The van der Waals surface area contributed by atoms with Crippen LogP contribution in [0.5, 0.6) is 0 Å². The van der Waals surface area contributed by atoms with Crippen molar-refractivity contribution in [1.82, 2.24) is 22.5 Å². The van der Waals surface area contributed by atoms with Crippen molar-refractivity contribution in [2.45, 2.75) is 6.92 Å². The first-order chi connectivity index (χ1) is 3.93. The zero-order valence-corrected chi connectivity index (χ0v) is 6.90. The number of nitrogens with zero attached hydrogens (tertiary/aromatic N) is 1. The lowest BCUT2D eigenvalue weighted by Crippen LogP contribution is -2.43. The first kappa shape index (κ1) is 12.5. The number of hydrogen-bond acceptors (Lipinski definition) is 4. The summed E-state index contributed by atoms with van der Waals surface area (Å²) in [4.78, 5) is 2.45. The SMILES string of the molecule is CCN1CCNCC1.N.N. The molecule has 1 saturated heterocycles. The van der Waals surface area contributed by atoms with E-state index >= 15 is 0 Å². The average molecular weight is 148 g/mol. The Balaban J connectivity index is 0. The van der Waals surface area contributed by atoms with Crippen molar-refractivity contribution < 1.29 is 0 Å². The van der Waals surface area contributed by atoms with Gasteiger partial charge in [-0.3, -0.25) is 0 Å². The minimum absolute atomic E-state index is 0. The summed E-state index contributed by atoms with van der Waals surface area (Å²) < 4.78 is 0. The van der Waals surface area contributed by atoms with E-state index in [9.17, 15) is 0 Å². The van der Waals surface area contributed by atoms with Gasteiger partial charge in [-0.25, -0.2) is 0 Å². The summed E-state index contributed by atoms with van der Waals surface area (Å²) in [5.41, 5.74) is 0. The highest BCUT2D eigenvalue weighted by Crippen LogP contribution is 1.88. The number of piperazine rings is 1. The van der Waals surface area contributed by atoms with Crippen LogP contribution in [-0.2, 0) is 0 Å². The van der Waals surface area contributed by atoms with Crippen molar-refractivity contribution in [2.24, 2.45) is 0 Å². The molecule has 1 heterocycles. The predicted octanol–water partition coefficient (Wildman–Crippen LogP) is 0.236. The molecule has 4 heteroatoms. The zero-order valence-electron chi connectivity index (χ0n) is 6.90. The second kappa shape index (κ2) is 6.95. The van der Waals surface area contributed by atoms with Gasteiger partial charge in [0.1, 0.15) is 0 Å². The summed E-state index contributed by atoms with van der Waals surface area (Å²) in [7, 11) is 0. The Morgan fingerprint density at radius 1 is 1.20 bits per heavy atom. The Morgan fingerprint density at radius 3 is 2.00 bits per heavy atom. The Kier molecular flexibility index (Phi) is 8.70. The highest BCUT2D eigenvalue weighted by Gasteiger charge is 2.04. The Morgan fingerprint density at radius 2 is 1.70 bits per heavy atom. The Hall–Kier alpha value is -0.160. The van der Waals surface area contributed by atoms with Crippen LogP contribution in [0.3, 0.4) is 0 Å². The lowest BCUT2D eigenvalue weighted by molar-refractivity contribution is 0.253. The molecule has 4 nitrogen and oxygen atoms in total. The third kappa shape index (κ3) is 3.79. The summed E-state index contributed by atoms with van der Waals surface area (Å²) in [5, 5.41) is 3.31. The number of rotatable bonds is 1. The number of hydrogen-bond donors (Lipinski definition) is 3. The Bertz CT molecular complexity index is 60.8. The maximum atomic E-state index is 3.31. The molecule has 0 bridgehead atoms. The molecule has 0 amide bonds. The maximum Gasteiger partial charge on any atom is 0.0107 e. The van der Waals surface area contributed by atoms with Crippen molar-refractivity contribution in [3.05, 3.63) is 0 Å². The van der Waals surface area contributed by atoms with Gasteiger partial charge < -0.3 is 22.5 Å². The quantitative estimate of drug-likeness (QED) is 0.497. The van der Waals surface area contributed by atoms with E-state index in [-0.39, 0.29) is 12.3 Å². The fourth-order valence-corrected chi connectivity index (χ4v) is 1.03. The van der Waals surface area contributed by atoms with Crippen LogP contribution in [0.15, 0.2) is 0 Å². The molecule has 1 aliphatic heterocycles. The summed E-state index contributed by atoms with van der Waals surface area (Å²) in [6.07, 6.45) is 0. The van der Waals surface area contributed by atoms with Crippen LogP contribution in [0.4, 0.5) is 0 Å². The molecular formula is C6H20N4. The highest BCUT2D eigenvalue weighted by molar-refractivity contribution is 4.64. The van der Waals surface area contributed by atoms with Gasteiger partial charge in [0.25, 0.3) is 0 Å². The molecule has 64 valence electrons. The van der Waals surface area contributed by atoms with E-state index in [1.165, 1.54) is 32.7 Å². The zero-order chi connectivity index (χ0) is 5.82. The molecule has 0 spiro atoms. The third-order valence-electron chi connectivity index (χ3n) is 1.66. The van der Waals surface area contributed by atoms with Gasteiger partial charge in [-0.2, -0.15) is 0 Å². The fraction of sp³-hybridized carbons (Fsp3) is 1.00. The van der Waals surface area contributed by atoms with Gasteiger partial charge >= 0.3 is 0 Å². The molecule has 1 aliphatic rings. The molecule has 0 aliphatic carbocycles. The van der Waals surface area contributed by atoms with Gasteiger partial charge in [0.15, 0.2) is 0 Å². The van der Waals surface area contributed by atoms with Crippen LogP contribution in [0, 0.1) is 0 Å². The predicted molar refractivity (Wildman–Crippen MR) is 45.0 cm³/mol. The van der Waals surface area contributed by atoms with E-state index in [0.29, 0.717) is 0 Å². The van der Waals surface area contributed by atoms with Crippen molar-refractivity contribution in [1.29, 1.82) is 0 Å². The first-order valence-electron chi connectivity index (χ1n) is 3.36. The summed E-state index contributed by atoms with van der Waals surface area (Å²) in [5.74, 6) is 0. The fourth-order valence-electron chi connectivity index (χ4n) is 1.03. The monoisotopic (exact) mass is 148 g/mol. The van der Waals surface area contributed by atoms with Crippen LogP contribution in [-0.4, -0.2) is 37.6 Å². The van der Waals surface area contributed by atoms with Crippen molar-refractivity contribution >= 4 is 0 Å². The number of likely N-dealkylation sites (N-methyl/N-ethyl adjacent to an activating group) is 1. The van der Waals surface area contributed by atoms with Gasteiger partial charge in [0, 0.05) is 26.2 Å². The van der Waals surface area contributed by atoms with Gasteiger partial charge in [0.2, 0.25) is 0 Å². The summed E-state index contributed by atoms with van der Waals surface area (Å²) in [6, 6.07) is 0. The third-order valence-corrected chi connectivity index (χ3v) is 1.66. The highest BCUT2D eigenvalue weighted by atomic mass is 15.2. The molecule has 0 radical (unpaired) electrons. The van der Waals surface area contributed by atoms with Crippen molar-refractivity contribution in [3.63, 3.8) is 0 Å². The minimum atomic E-state index is 0. The van der Waals surface area contributed by atoms with Crippen LogP contribution in [0.2, 0.25) is 0 Å². The van der Waals surface area contributed by atoms with E-state index in [2.05, 4.69) is 17.1 Å². The van der Waals surface area contributed by atoms with Gasteiger partial charge in [-0.05, 0) is 6.54 Å². The lowest BCUT2D eigenvalue weighted by atomic mass is 10.4. The molecule has 7 N–H and O–H groups in total. The normalized spacial score (nSPS) is 18.9. The van der Waals surface area contributed by atoms with E-state index in [0.717, 1.165) is 0 Å². The number of nitrogens with one attached hydrogen (secondary N) is 1. The molecular weight excluding hydrogens is 128 g/mol. The van der Waals surface area contributed by atoms with E-state index < -0.39 is 0 Å². The van der Waals surface area contributed by atoms with Crippen LogP contribution >= 0.6 is 0 Å². The molecule has 0 aromatic heterocycles. The molecule has 0 aromatic carbocycles. The van der Waals surface area contributed by atoms with Crippen LogP contribution in [0.1, 0.15) is 6.92 Å². The topological polar surface area (TPSA) is 85.3 Å². The summed E-state index contributed by atoms with van der Waals surface area (Å²) >= 11 is 0. The smallest absolute Gasteiger partial charge is 0.0107 e. The van der Waals surface area contributed by atoms with Crippen molar-refractivity contribution in [2.75, 3.05) is 32.7 Å². The lowest BCUT2D eigenvalue weighted by Gasteiger charge is -2.25. The molecule has 1 rings (SSSR count). The molecule has 10 heavy (non-hydrogen) atoms. The van der Waals surface area contributed by atoms with Crippen LogP contribution < -0.4 is 17.6 Å². The second-order valence-corrected chi connectivity index (χ2v) is 2.18. The average Bonchev–Trinajstić information content (AvgIpc) is 1.90. The Labute approximate surface area is 63.1 Å². The largest absolute Gasteiger partial charge is 0.344 e. The van der Waals surface area contributed by atoms with Gasteiger partial charge in [-0.1, -0.05) is 6.92 Å². The molecule has 1 fully saturated rings. The van der Waals surface area contributed by atoms with E-state index in [1.54, 1.807) is 0 Å². The second-order valence-electron chi connectivity index (χ2n) is 2.18. The van der Waals surface area contributed by atoms with Crippen molar-refractivity contribution in [3.8, 4) is 0 Å². The van der Waals surface area contributed by atoms with Gasteiger partial charge in [0.05, 0.1) is 0 Å². The van der Waals surface area contributed by atoms with Gasteiger partial charge in [-0.15, -0.1) is 0 Å². The standard InChI is InChI=1S/C6H14N2.2H3N/c1-2-8-5-3-7-4-6-8;;/h7H,2-6H2,1H3;2*1H3.